The molecule has 0 aliphatic heterocycles. The maximum absolute atomic E-state index is 13.5. The highest BCUT2D eigenvalue weighted by Gasteiger charge is 2.46. The highest BCUT2D eigenvalue weighted by atomic mass is 35.7. The van der Waals surface area contributed by atoms with E-state index in [0.29, 0.717) is 0 Å². The average molecular weight is 340 g/mol. The first-order valence-electron chi connectivity index (χ1n) is 5.77. The number of nitrogens with one attached hydrogen (secondary N) is 1. The highest BCUT2D eigenvalue weighted by molar-refractivity contribution is 8.13. The molecule has 2 rings (SSSR count). The van der Waals surface area contributed by atoms with E-state index >= 15 is 0 Å². The zero-order chi connectivity index (χ0) is 15.3. The molecule has 1 saturated carbocycles. The molecule has 0 heterocycles. The molecule has 1 aliphatic rings. The van der Waals surface area contributed by atoms with Crippen LogP contribution in [-0.2, 0) is 9.05 Å². The van der Waals surface area contributed by atoms with Gasteiger partial charge in [0.05, 0.1) is 10.6 Å². The van der Waals surface area contributed by atoms with Crippen molar-refractivity contribution in [3.63, 3.8) is 0 Å². The number of carbonyl (C=O) groups is 1. The third-order valence-electron chi connectivity index (χ3n) is 3.35. The van der Waals surface area contributed by atoms with Crippen molar-refractivity contribution in [2.75, 3.05) is 0 Å². The first-order valence-corrected chi connectivity index (χ1v) is 8.46. The van der Waals surface area contributed by atoms with Crippen molar-refractivity contribution < 1.29 is 17.6 Å². The molecular formula is C12H12Cl2FNO3S. The Bertz CT molecular complexity index is 688. The quantitative estimate of drug-likeness (QED) is 0.861. The van der Waals surface area contributed by atoms with Gasteiger partial charge in [-0.15, -0.1) is 0 Å². The molecule has 1 aromatic carbocycles. The molecule has 8 heteroatoms. The molecular weight excluding hydrogens is 328 g/mol. The average Bonchev–Trinajstić information content (AvgIpc) is 2.83. The van der Waals surface area contributed by atoms with Crippen molar-refractivity contribution in [1.29, 1.82) is 0 Å². The third kappa shape index (κ3) is 3.07. The molecule has 0 saturated heterocycles. The Morgan fingerprint density at radius 2 is 2.00 bits per heavy atom. The van der Waals surface area contributed by atoms with Gasteiger partial charge in [0.15, 0.2) is 0 Å². The van der Waals surface area contributed by atoms with Gasteiger partial charge >= 0.3 is 0 Å². The molecule has 1 amide bonds. The van der Waals surface area contributed by atoms with Gasteiger partial charge in [-0.1, -0.05) is 25.4 Å². The first-order chi connectivity index (χ1) is 9.02. The van der Waals surface area contributed by atoms with E-state index in [0.717, 1.165) is 18.6 Å². The van der Waals surface area contributed by atoms with Crippen LogP contribution in [-0.4, -0.2) is 20.4 Å². The van der Waals surface area contributed by atoms with Crippen molar-refractivity contribution in [2.45, 2.75) is 31.2 Å². The molecule has 4 nitrogen and oxygen atoms in total. The minimum absolute atomic E-state index is 0.00353. The molecule has 1 N–H and O–H groups in total. The molecule has 1 fully saturated rings. The number of amides is 1. The summed E-state index contributed by atoms with van der Waals surface area (Å²) in [4.78, 5) is 11.3. The van der Waals surface area contributed by atoms with Crippen LogP contribution in [0.5, 0.6) is 0 Å². The van der Waals surface area contributed by atoms with Crippen LogP contribution in [0.3, 0.4) is 0 Å². The van der Waals surface area contributed by atoms with Crippen LogP contribution >= 0.6 is 22.3 Å². The van der Waals surface area contributed by atoms with Gasteiger partial charge in [0.1, 0.15) is 10.7 Å². The molecule has 1 aliphatic carbocycles. The van der Waals surface area contributed by atoms with Crippen molar-refractivity contribution in [3.8, 4) is 0 Å². The van der Waals surface area contributed by atoms with E-state index in [4.69, 9.17) is 22.3 Å². The van der Waals surface area contributed by atoms with Crippen LogP contribution in [0.1, 0.15) is 30.6 Å². The Hall–Kier alpha value is -0.850. The van der Waals surface area contributed by atoms with Crippen molar-refractivity contribution in [3.05, 3.63) is 28.5 Å². The maximum Gasteiger partial charge on any atom is 0.264 e. The largest absolute Gasteiger partial charge is 0.349 e. The molecule has 1 atom stereocenters. The molecule has 1 unspecified atom stereocenters. The molecule has 0 spiro atoms. The zero-order valence-electron chi connectivity index (χ0n) is 10.7. The summed E-state index contributed by atoms with van der Waals surface area (Å²) in [6.45, 7) is 3.97. The van der Waals surface area contributed by atoms with Crippen molar-refractivity contribution in [1.82, 2.24) is 5.32 Å². The van der Waals surface area contributed by atoms with Crippen molar-refractivity contribution >= 4 is 37.2 Å². The van der Waals surface area contributed by atoms with Gasteiger partial charge in [-0.3, -0.25) is 4.79 Å². The second-order valence-corrected chi connectivity index (χ2v) is 8.36. The Labute approximate surface area is 125 Å². The Balaban J connectivity index is 2.34. The summed E-state index contributed by atoms with van der Waals surface area (Å²) >= 11 is 5.78. The van der Waals surface area contributed by atoms with E-state index < -0.39 is 25.7 Å². The fourth-order valence-corrected chi connectivity index (χ4v) is 2.98. The summed E-state index contributed by atoms with van der Waals surface area (Å²) in [7, 11) is 0.830. The lowest BCUT2D eigenvalue weighted by Crippen LogP contribution is -2.28. The summed E-state index contributed by atoms with van der Waals surface area (Å²) in [5.74, 6) is -1.64. The van der Waals surface area contributed by atoms with E-state index in [1.165, 1.54) is 0 Å². The van der Waals surface area contributed by atoms with Gasteiger partial charge in [0.25, 0.3) is 15.0 Å². The van der Waals surface area contributed by atoms with Crippen LogP contribution in [0.15, 0.2) is 17.0 Å². The SMILES string of the molecule is CC1(C)CC1NC(=O)c1cc(S(=O)(=O)Cl)c(F)cc1Cl. The van der Waals surface area contributed by atoms with E-state index in [9.17, 15) is 17.6 Å². The number of rotatable bonds is 3. The van der Waals surface area contributed by atoms with Gasteiger partial charge in [0, 0.05) is 16.7 Å². The number of carbonyl (C=O) groups excluding carboxylic acids is 1. The summed E-state index contributed by atoms with van der Waals surface area (Å²) in [6.07, 6.45) is 0.818. The van der Waals surface area contributed by atoms with E-state index in [2.05, 4.69) is 5.32 Å². The first kappa shape index (κ1) is 15.5. The fourth-order valence-electron chi connectivity index (χ4n) is 1.84. The second-order valence-electron chi connectivity index (χ2n) is 5.42. The monoisotopic (exact) mass is 339 g/mol. The lowest BCUT2D eigenvalue weighted by molar-refractivity contribution is 0.0946. The summed E-state index contributed by atoms with van der Waals surface area (Å²) in [6, 6.07) is 1.61. The van der Waals surface area contributed by atoms with Crippen LogP contribution in [0.2, 0.25) is 5.02 Å². The Morgan fingerprint density at radius 1 is 1.45 bits per heavy atom. The minimum atomic E-state index is -4.28. The summed E-state index contributed by atoms with van der Waals surface area (Å²) < 4.78 is 36.0. The molecule has 0 bridgehead atoms. The number of hydrogen-bond acceptors (Lipinski definition) is 3. The summed E-state index contributed by atoms with van der Waals surface area (Å²) in [5, 5.41) is 2.55. The molecule has 110 valence electrons. The molecule has 0 aromatic heterocycles. The summed E-state index contributed by atoms with van der Waals surface area (Å²) in [5.41, 5.74) is -0.112. The van der Waals surface area contributed by atoms with Gasteiger partial charge in [-0.2, -0.15) is 0 Å². The van der Waals surface area contributed by atoms with Gasteiger partial charge < -0.3 is 5.32 Å². The predicted octanol–water partition coefficient (Wildman–Crippen LogP) is 2.93. The Morgan fingerprint density at radius 3 is 2.45 bits per heavy atom. The van der Waals surface area contributed by atoms with E-state index in [1.807, 2.05) is 13.8 Å². The third-order valence-corrected chi connectivity index (χ3v) is 5.00. The van der Waals surface area contributed by atoms with Gasteiger partial charge in [-0.05, 0) is 24.0 Å². The zero-order valence-corrected chi connectivity index (χ0v) is 13.0. The Kier molecular flexibility index (Phi) is 3.77. The molecule has 1 aromatic rings. The number of halogens is 3. The number of hydrogen-bond donors (Lipinski definition) is 1. The second kappa shape index (κ2) is 4.86. The lowest BCUT2D eigenvalue weighted by Gasteiger charge is -2.09. The standard InChI is InChI=1S/C12H12Cl2FNO3S/c1-12(2)5-10(12)16-11(17)6-3-9(20(14,18)19)8(15)4-7(6)13/h3-4,10H,5H2,1-2H3,(H,16,17). The minimum Gasteiger partial charge on any atom is -0.349 e. The van der Waals surface area contributed by atoms with Crippen LogP contribution in [0, 0.1) is 11.2 Å². The lowest BCUT2D eigenvalue weighted by atomic mass is 10.1. The van der Waals surface area contributed by atoms with Crippen LogP contribution in [0.4, 0.5) is 4.39 Å². The predicted molar refractivity (Wildman–Crippen MR) is 74.1 cm³/mol. The molecule has 20 heavy (non-hydrogen) atoms. The molecule has 0 radical (unpaired) electrons. The van der Waals surface area contributed by atoms with Crippen LogP contribution in [0.25, 0.3) is 0 Å². The van der Waals surface area contributed by atoms with Crippen molar-refractivity contribution in [2.24, 2.45) is 5.41 Å². The van der Waals surface area contributed by atoms with Gasteiger partial charge in [-0.25, -0.2) is 12.8 Å². The highest BCUT2D eigenvalue weighted by Crippen LogP contribution is 2.44. The number of benzene rings is 1. The van der Waals surface area contributed by atoms with E-state index in [1.54, 1.807) is 0 Å². The fraction of sp³-hybridized carbons (Fsp3) is 0.417. The van der Waals surface area contributed by atoms with E-state index in [-0.39, 0.29) is 22.0 Å². The maximum atomic E-state index is 13.5. The smallest absolute Gasteiger partial charge is 0.264 e. The van der Waals surface area contributed by atoms with Gasteiger partial charge in [0.2, 0.25) is 0 Å². The topological polar surface area (TPSA) is 63.2 Å². The van der Waals surface area contributed by atoms with Crippen LogP contribution < -0.4 is 5.32 Å². The normalized spacial score (nSPS) is 20.6.